The summed E-state index contributed by atoms with van der Waals surface area (Å²) in [6.07, 6.45) is 0. The number of benzene rings is 6. The summed E-state index contributed by atoms with van der Waals surface area (Å²) in [5.74, 6) is 0. The van der Waals surface area contributed by atoms with Gasteiger partial charge in [-0.15, -0.1) is 0 Å². The molecule has 4 heteroatoms. The standard InChI is InChI=1S/C42H26N4/c1-3-11-28(12-4-1)39-40(29-13-5-2-6-14-29)46-38-26-32(22-25-37(38)45-39)35-23-20-30-18-19-31-21-24-36(44-42(31)41(30)43-35)34-17-9-15-27-10-7-8-16-33(27)34/h1-26H. The van der Waals surface area contributed by atoms with Crippen LogP contribution in [0.5, 0.6) is 0 Å². The summed E-state index contributed by atoms with van der Waals surface area (Å²) in [5.41, 5.74) is 11.2. The van der Waals surface area contributed by atoms with Gasteiger partial charge in [-0.1, -0.05) is 133 Å². The number of hydrogen-bond donors (Lipinski definition) is 0. The Hall–Kier alpha value is -6.26. The van der Waals surface area contributed by atoms with Gasteiger partial charge in [0.15, 0.2) is 0 Å². The van der Waals surface area contributed by atoms with Crippen LogP contribution in [0.4, 0.5) is 0 Å². The van der Waals surface area contributed by atoms with Gasteiger partial charge in [0.25, 0.3) is 0 Å². The number of hydrogen-bond acceptors (Lipinski definition) is 4. The summed E-state index contributed by atoms with van der Waals surface area (Å²) in [4.78, 5) is 20.7. The highest BCUT2D eigenvalue weighted by molar-refractivity contribution is 6.05. The molecule has 9 aromatic rings. The van der Waals surface area contributed by atoms with Crippen LogP contribution < -0.4 is 0 Å². The predicted molar refractivity (Wildman–Crippen MR) is 189 cm³/mol. The molecule has 0 spiro atoms. The summed E-state index contributed by atoms with van der Waals surface area (Å²) in [7, 11) is 0. The fraction of sp³-hybridized carbons (Fsp3) is 0. The SMILES string of the molecule is c1ccc(-c2nc3ccc(-c4ccc5ccc6ccc(-c7cccc8ccccc78)nc6c5n4)cc3nc2-c2ccccc2)cc1. The van der Waals surface area contributed by atoms with Crippen molar-refractivity contribution in [1.29, 1.82) is 0 Å². The van der Waals surface area contributed by atoms with E-state index < -0.39 is 0 Å². The van der Waals surface area contributed by atoms with E-state index in [0.29, 0.717) is 0 Å². The predicted octanol–water partition coefficient (Wildman–Crippen LogP) is 10.5. The number of pyridine rings is 2. The molecule has 0 saturated heterocycles. The van der Waals surface area contributed by atoms with Gasteiger partial charge in [0, 0.05) is 33.0 Å². The van der Waals surface area contributed by atoms with Crippen molar-refractivity contribution in [3.63, 3.8) is 0 Å². The van der Waals surface area contributed by atoms with Gasteiger partial charge < -0.3 is 0 Å². The van der Waals surface area contributed by atoms with E-state index in [9.17, 15) is 0 Å². The Balaban J connectivity index is 1.20. The average molecular weight is 587 g/mol. The number of rotatable bonds is 4. The Morgan fingerprint density at radius 3 is 1.61 bits per heavy atom. The second-order valence-electron chi connectivity index (χ2n) is 11.5. The van der Waals surface area contributed by atoms with Gasteiger partial charge in [0.1, 0.15) is 0 Å². The minimum Gasteiger partial charge on any atom is -0.245 e. The molecule has 3 aromatic heterocycles. The molecule has 0 saturated carbocycles. The van der Waals surface area contributed by atoms with E-state index >= 15 is 0 Å². The van der Waals surface area contributed by atoms with Crippen LogP contribution >= 0.6 is 0 Å². The zero-order valence-corrected chi connectivity index (χ0v) is 24.8. The fourth-order valence-electron chi connectivity index (χ4n) is 6.34. The van der Waals surface area contributed by atoms with Crippen LogP contribution in [0.1, 0.15) is 0 Å². The van der Waals surface area contributed by atoms with E-state index in [-0.39, 0.29) is 0 Å². The lowest BCUT2D eigenvalue weighted by Crippen LogP contribution is -1.96. The first-order valence-electron chi connectivity index (χ1n) is 15.4. The van der Waals surface area contributed by atoms with Crippen molar-refractivity contribution in [2.45, 2.75) is 0 Å². The van der Waals surface area contributed by atoms with E-state index in [2.05, 4.69) is 115 Å². The third kappa shape index (κ3) is 4.47. The monoisotopic (exact) mass is 586 g/mol. The highest BCUT2D eigenvalue weighted by Gasteiger charge is 2.15. The third-order valence-corrected chi connectivity index (χ3v) is 8.64. The van der Waals surface area contributed by atoms with Crippen molar-refractivity contribution >= 4 is 43.6 Å². The molecule has 3 heterocycles. The maximum atomic E-state index is 5.21. The zero-order chi connectivity index (χ0) is 30.5. The molecule has 0 atom stereocenters. The van der Waals surface area contributed by atoms with Crippen LogP contribution in [0.15, 0.2) is 158 Å². The van der Waals surface area contributed by atoms with Crippen molar-refractivity contribution in [2.75, 3.05) is 0 Å². The van der Waals surface area contributed by atoms with E-state index in [4.69, 9.17) is 19.9 Å². The summed E-state index contributed by atoms with van der Waals surface area (Å²) < 4.78 is 0. The Bertz CT molecular complexity index is 2570. The first kappa shape index (κ1) is 26.2. The van der Waals surface area contributed by atoms with Crippen molar-refractivity contribution in [3.8, 4) is 45.0 Å². The Kier molecular flexibility index (Phi) is 6.10. The Labute approximate surface area is 265 Å². The second kappa shape index (κ2) is 10.7. The summed E-state index contributed by atoms with van der Waals surface area (Å²) in [6, 6.07) is 54.3. The maximum Gasteiger partial charge on any atom is 0.0973 e. The molecule has 214 valence electrons. The topological polar surface area (TPSA) is 51.6 Å². The molecule has 6 aromatic carbocycles. The summed E-state index contributed by atoms with van der Waals surface area (Å²) >= 11 is 0. The van der Waals surface area contributed by atoms with Gasteiger partial charge in [0.05, 0.1) is 44.8 Å². The lowest BCUT2D eigenvalue weighted by molar-refractivity contribution is 1.29. The van der Waals surface area contributed by atoms with Crippen LogP contribution in [0.3, 0.4) is 0 Å². The average Bonchev–Trinajstić information content (AvgIpc) is 3.14. The largest absolute Gasteiger partial charge is 0.245 e. The zero-order valence-electron chi connectivity index (χ0n) is 24.8. The molecule has 0 aliphatic rings. The lowest BCUT2D eigenvalue weighted by atomic mass is 10.0. The maximum absolute atomic E-state index is 5.21. The van der Waals surface area contributed by atoms with Gasteiger partial charge in [-0.3, -0.25) is 0 Å². The Morgan fingerprint density at radius 2 is 0.891 bits per heavy atom. The van der Waals surface area contributed by atoms with Gasteiger partial charge in [-0.25, -0.2) is 19.9 Å². The first-order chi connectivity index (χ1) is 22.8. The molecule has 0 amide bonds. The van der Waals surface area contributed by atoms with E-state index in [1.807, 2.05) is 42.5 Å². The number of aromatic nitrogens is 4. The van der Waals surface area contributed by atoms with Crippen molar-refractivity contribution in [3.05, 3.63) is 158 Å². The highest BCUT2D eigenvalue weighted by Crippen LogP contribution is 2.34. The molecule has 4 nitrogen and oxygen atoms in total. The van der Waals surface area contributed by atoms with Crippen LogP contribution in [-0.2, 0) is 0 Å². The first-order valence-corrected chi connectivity index (χ1v) is 15.4. The van der Waals surface area contributed by atoms with Crippen LogP contribution in [0.2, 0.25) is 0 Å². The molecule has 0 aliphatic carbocycles. The molecule has 0 unspecified atom stereocenters. The highest BCUT2D eigenvalue weighted by atomic mass is 14.8. The lowest BCUT2D eigenvalue weighted by Gasteiger charge is -2.12. The van der Waals surface area contributed by atoms with Crippen molar-refractivity contribution in [2.24, 2.45) is 0 Å². The number of fused-ring (bicyclic) bond motifs is 5. The van der Waals surface area contributed by atoms with Gasteiger partial charge in [-0.2, -0.15) is 0 Å². The third-order valence-electron chi connectivity index (χ3n) is 8.64. The van der Waals surface area contributed by atoms with E-state index in [1.165, 1.54) is 10.8 Å². The van der Waals surface area contributed by atoms with E-state index in [1.54, 1.807) is 0 Å². The molecule has 0 aliphatic heterocycles. The summed E-state index contributed by atoms with van der Waals surface area (Å²) in [5, 5.41) is 4.50. The van der Waals surface area contributed by atoms with Crippen LogP contribution in [0.25, 0.3) is 88.6 Å². The van der Waals surface area contributed by atoms with E-state index in [0.717, 1.165) is 77.9 Å². The molecule has 46 heavy (non-hydrogen) atoms. The number of nitrogens with zero attached hydrogens (tertiary/aromatic N) is 4. The minimum absolute atomic E-state index is 0.826. The van der Waals surface area contributed by atoms with Gasteiger partial charge in [0.2, 0.25) is 0 Å². The van der Waals surface area contributed by atoms with Crippen LogP contribution in [0, 0.1) is 0 Å². The molecule has 0 fully saturated rings. The Morgan fingerprint density at radius 1 is 0.326 bits per heavy atom. The van der Waals surface area contributed by atoms with Gasteiger partial charge in [-0.05, 0) is 35.0 Å². The minimum atomic E-state index is 0.826. The smallest absolute Gasteiger partial charge is 0.0973 e. The molecular weight excluding hydrogens is 560 g/mol. The second-order valence-corrected chi connectivity index (χ2v) is 11.5. The quantitative estimate of drug-likeness (QED) is 0.193. The molecule has 0 bridgehead atoms. The fourth-order valence-corrected chi connectivity index (χ4v) is 6.34. The summed E-state index contributed by atoms with van der Waals surface area (Å²) in [6.45, 7) is 0. The van der Waals surface area contributed by atoms with Gasteiger partial charge >= 0.3 is 0 Å². The molecule has 0 N–H and O–H groups in total. The normalized spacial score (nSPS) is 11.5. The molecule has 9 rings (SSSR count). The van der Waals surface area contributed by atoms with Crippen LogP contribution in [-0.4, -0.2) is 19.9 Å². The molecule has 0 radical (unpaired) electrons. The molecular formula is C42H26N4. The van der Waals surface area contributed by atoms with Crippen molar-refractivity contribution in [1.82, 2.24) is 19.9 Å². The van der Waals surface area contributed by atoms with Crippen molar-refractivity contribution < 1.29 is 0 Å².